The second-order valence-corrected chi connectivity index (χ2v) is 7.48. The molecule has 1 aliphatic heterocycles. The lowest BCUT2D eigenvalue weighted by Crippen LogP contribution is -2.47. The van der Waals surface area contributed by atoms with Crippen LogP contribution in [0, 0.1) is 23.2 Å². The van der Waals surface area contributed by atoms with Gasteiger partial charge in [0.1, 0.15) is 11.9 Å². The zero-order valence-electron chi connectivity index (χ0n) is 14.5. The number of nitrogens with zero attached hydrogens (tertiary/aromatic N) is 3. The van der Waals surface area contributed by atoms with Gasteiger partial charge < -0.3 is 14.6 Å². The van der Waals surface area contributed by atoms with Crippen molar-refractivity contribution in [2.24, 2.45) is 11.8 Å². The van der Waals surface area contributed by atoms with Crippen molar-refractivity contribution in [3.05, 3.63) is 17.8 Å². The average molecular weight is 332 g/mol. The van der Waals surface area contributed by atoms with Gasteiger partial charge in [-0.3, -0.25) is 10.1 Å². The molecule has 0 radical (unpaired) electrons. The number of anilines is 1. The van der Waals surface area contributed by atoms with E-state index in [1.165, 1.54) is 0 Å². The Bertz CT molecular complexity index is 681. The second-order valence-electron chi connectivity index (χ2n) is 7.48. The highest BCUT2D eigenvalue weighted by Crippen LogP contribution is 2.26. The van der Waals surface area contributed by atoms with E-state index in [9.17, 15) is 14.7 Å². The Hall–Kier alpha value is -2.49. The Morgan fingerprint density at radius 3 is 2.58 bits per heavy atom. The number of carboxylic acids is 1. The zero-order chi connectivity index (χ0) is 18.1. The summed E-state index contributed by atoms with van der Waals surface area (Å²) in [5.74, 6) is -0.739. The minimum Gasteiger partial charge on any atom is -0.481 e. The van der Waals surface area contributed by atoms with Crippen molar-refractivity contribution in [2.75, 3.05) is 18.4 Å². The van der Waals surface area contributed by atoms with Crippen molar-refractivity contribution in [1.29, 1.82) is 5.26 Å². The monoisotopic (exact) mass is 332 g/mol. The number of piperidine rings is 1. The van der Waals surface area contributed by atoms with Crippen LogP contribution in [0.2, 0.25) is 0 Å². The molecule has 0 aromatic carbocycles. The molecular weight excluding hydrogens is 308 g/mol. The number of aromatic nitrogens is 1. The maximum atomic E-state index is 12.6. The Morgan fingerprint density at radius 1 is 1.38 bits per heavy atom. The average Bonchev–Trinajstić information content (AvgIpc) is 2.89. The third kappa shape index (κ3) is 3.88. The molecule has 2 amide bonds. The van der Waals surface area contributed by atoms with Gasteiger partial charge in [0.2, 0.25) is 0 Å². The number of nitriles is 1. The van der Waals surface area contributed by atoms with Crippen LogP contribution in [0.25, 0.3) is 0 Å². The molecule has 2 rings (SSSR count). The molecule has 2 N–H and O–H groups in total. The molecule has 2 heterocycles. The highest BCUT2D eigenvalue weighted by atomic mass is 16.4. The zero-order valence-corrected chi connectivity index (χ0v) is 14.5. The summed E-state index contributed by atoms with van der Waals surface area (Å²) in [6.07, 6.45) is 2.28. The molecule has 0 saturated carbocycles. The van der Waals surface area contributed by atoms with E-state index in [0.717, 1.165) is 0 Å². The minimum absolute atomic E-state index is 0.134. The maximum absolute atomic E-state index is 12.6. The van der Waals surface area contributed by atoms with Crippen LogP contribution in [0.15, 0.2) is 12.3 Å². The largest absolute Gasteiger partial charge is 0.481 e. The molecule has 1 fully saturated rings. The molecule has 1 saturated heterocycles. The van der Waals surface area contributed by atoms with Crippen LogP contribution < -0.4 is 5.32 Å². The van der Waals surface area contributed by atoms with Crippen LogP contribution in [0.4, 0.5) is 10.6 Å². The third-order valence-electron chi connectivity index (χ3n) is 4.20. The summed E-state index contributed by atoms with van der Waals surface area (Å²) in [7, 11) is 0. The quantitative estimate of drug-likeness (QED) is 0.870. The van der Waals surface area contributed by atoms with Gasteiger partial charge in [0.25, 0.3) is 0 Å². The predicted molar refractivity (Wildman–Crippen MR) is 89.6 cm³/mol. The van der Waals surface area contributed by atoms with Crippen molar-refractivity contribution in [1.82, 2.24) is 9.47 Å². The fourth-order valence-electron chi connectivity index (χ4n) is 3.06. The number of amides is 2. The number of carboxylic acid groups (broad SMARTS) is 1. The molecule has 1 aliphatic rings. The molecule has 2 unspecified atom stereocenters. The Kier molecular flexibility index (Phi) is 4.88. The summed E-state index contributed by atoms with van der Waals surface area (Å²) < 4.78 is 1.84. The summed E-state index contributed by atoms with van der Waals surface area (Å²) in [5.41, 5.74) is 0.173. The minimum atomic E-state index is -0.871. The van der Waals surface area contributed by atoms with E-state index in [4.69, 9.17) is 5.26 Å². The molecule has 130 valence electrons. The highest BCUT2D eigenvalue weighted by molar-refractivity contribution is 5.89. The smallest absolute Gasteiger partial charge is 0.322 e. The van der Waals surface area contributed by atoms with E-state index in [0.29, 0.717) is 24.3 Å². The van der Waals surface area contributed by atoms with Crippen LogP contribution in [0.5, 0.6) is 0 Å². The van der Waals surface area contributed by atoms with Gasteiger partial charge in [0.15, 0.2) is 0 Å². The van der Waals surface area contributed by atoms with Gasteiger partial charge in [-0.1, -0.05) is 6.92 Å². The summed E-state index contributed by atoms with van der Waals surface area (Å²) in [6.45, 7) is 8.61. The normalized spacial score (nSPS) is 21.2. The van der Waals surface area contributed by atoms with Crippen LogP contribution in [-0.4, -0.2) is 39.7 Å². The first kappa shape index (κ1) is 17.9. The van der Waals surface area contributed by atoms with Gasteiger partial charge in [-0.25, -0.2) is 4.79 Å². The Balaban J connectivity index is 2.19. The van der Waals surface area contributed by atoms with Gasteiger partial charge in [-0.05, 0) is 39.2 Å². The van der Waals surface area contributed by atoms with Gasteiger partial charge >= 0.3 is 12.0 Å². The fourth-order valence-corrected chi connectivity index (χ4v) is 3.06. The van der Waals surface area contributed by atoms with E-state index < -0.39 is 11.9 Å². The standard InChI is InChI=1S/C17H24N4O3/c1-11-5-13(15(22)23)10-20(8-11)16(24)19-14-6-12(7-18)9-21(14)17(2,3)4/h6,9,11,13H,5,8,10H2,1-4H3,(H,19,24)(H,22,23). The van der Waals surface area contributed by atoms with Crippen LogP contribution >= 0.6 is 0 Å². The van der Waals surface area contributed by atoms with Crippen molar-refractivity contribution >= 4 is 17.8 Å². The van der Waals surface area contributed by atoms with E-state index in [2.05, 4.69) is 11.4 Å². The fraction of sp³-hybridized carbons (Fsp3) is 0.588. The van der Waals surface area contributed by atoms with E-state index in [1.807, 2.05) is 32.3 Å². The van der Waals surface area contributed by atoms with Gasteiger partial charge in [-0.15, -0.1) is 0 Å². The number of hydrogen-bond acceptors (Lipinski definition) is 3. The molecule has 0 aliphatic carbocycles. The van der Waals surface area contributed by atoms with E-state index in [-0.39, 0.29) is 24.0 Å². The molecule has 7 heteroatoms. The number of urea groups is 1. The van der Waals surface area contributed by atoms with Crippen molar-refractivity contribution in [2.45, 2.75) is 39.7 Å². The summed E-state index contributed by atoms with van der Waals surface area (Å²) in [6, 6.07) is 3.38. The predicted octanol–water partition coefficient (Wildman–Crippen LogP) is 2.69. The number of rotatable bonds is 2. The summed E-state index contributed by atoms with van der Waals surface area (Å²) >= 11 is 0. The Morgan fingerprint density at radius 2 is 2.04 bits per heavy atom. The first-order valence-electron chi connectivity index (χ1n) is 8.03. The van der Waals surface area contributed by atoms with Crippen molar-refractivity contribution < 1.29 is 14.7 Å². The molecule has 1 aromatic rings. The summed E-state index contributed by atoms with van der Waals surface area (Å²) in [4.78, 5) is 25.4. The second kappa shape index (κ2) is 6.56. The number of nitrogens with one attached hydrogen (secondary N) is 1. The molecule has 7 nitrogen and oxygen atoms in total. The molecule has 1 aromatic heterocycles. The number of hydrogen-bond donors (Lipinski definition) is 2. The molecule has 2 atom stereocenters. The first-order chi connectivity index (χ1) is 11.1. The Labute approximate surface area is 141 Å². The van der Waals surface area contributed by atoms with Crippen molar-refractivity contribution in [3.63, 3.8) is 0 Å². The third-order valence-corrected chi connectivity index (χ3v) is 4.20. The number of aliphatic carboxylic acids is 1. The molecule has 24 heavy (non-hydrogen) atoms. The number of carbonyl (C=O) groups is 2. The van der Waals surface area contributed by atoms with Crippen LogP contribution in [0.1, 0.15) is 39.7 Å². The summed E-state index contributed by atoms with van der Waals surface area (Å²) in [5, 5.41) is 21.2. The highest BCUT2D eigenvalue weighted by Gasteiger charge is 2.32. The van der Waals surface area contributed by atoms with E-state index >= 15 is 0 Å². The lowest BCUT2D eigenvalue weighted by Gasteiger charge is -2.35. The van der Waals surface area contributed by atoms with Crippen molar-refractivity contribution in [3.8, 4) is 6.07 Å². The first-order valence-corrected chi connectivity index (χ1v) is 8.03. The maximum Gasteiger partial charge on any atom is 0.322 e. The molecular formula is C17H24N4O3. The lowest BCUT2D eigenvalue weighted by molar-refractivity contribution is -0.143. The molecule has 0 spiro atoms. The van der Waals surface area contributed by atoms with Gasteiger partial charge in [0, 0.05) is 24.8 Å². The SMILES string of the molecule is CC1CC(C(=O)O)CN(C(=O)Nc2cc(C#N)cn2C(C)(C)C)C1. The van der Waals surface area contributed by atoms with Crippen LogP contribution in [0.3, 0.4) is 0 Å². The number of likely N-dealkylation sites (tertiary alicyclic amines) is 1. The topological polar surface area (TPSA) is 98.4 Å². The number of carbonyl (C=O) groups excluding carboxylic acids is 1. The van der Waals surface area contributed by atoms with Gasteiger partial charge in [0.05, 0.1) is 11.5 Å². The molecule has 0 bridgehead atoms. The van der Waals surface area contributed by atoms with E-state index in [1.54, 1.807) is 17.2 Å². The van der Waals surface area contributed by atoms with Crippen LogP contribution in [-0.2, 0) is 10.3 Å². The van der Waals surface area contributed by atoms with Gasteiger partial charge in [-0.2, -0.15) is 5.26 Å². The lowest BCUT2D eigenvalue weighted by atomic mass is 9.91.